The second kappa shape index (κ2) is 3.21. The minimum atomic E-state index is -0.299. The highest BCUT2D eigenvalue weighted by Gasteiger charge is 2.65. The number of allylic oxidation sites excluding steroid dienone is 2. The summed E-state index contributed by atoms with van der Waals surface area (Å²) in [5, 5.41) is 0. The number of esters is 2. The fourth-order valence-corrected chi connectivity index (χ4v) is 4.09. The molecule has 4 atom stereocenters. The highest BCUT2D eigenvalue weighted by molar-refractivity contribution is 5.98. The predicted molar refractivity (Wildman–Crippen MR) is 61.9 cm³/mol. The highest BCUT2D eigenvalue weighted by atomic mass is 16.6. The van der Waals surface area contributed by atoms with E-state index in [0.29, 0.717) is 0 Å². The van der Waals surface area contributed by atoms with Gasteiger partial charge in [0.15, 0.2) is 0 Å². The molecule has 1 saturated carbocycles. The molecular formula is C14H18O3. The van der Waals surface area contributed by atoms with Crippen LogP contribution in [0.3, 0.4) is 0 Å². The maximum Gasteiger partial charge on any atom is 0.318 e. The summed E-state index contributed by atoms with van der Waals surface area (Å²) in [5.74, 6) is -1.05. The average molecular weight is 234 g/mol. The first-order chi connectivity index (χ1) is 8.02. The molecule has 2 fully saturated rings. The molecule has 0 aromatic heterocycles. The van der Waals surface area contributed by atoms with Crippen molar-refractivity contribution in [3.05, 3.63) is 12.2 Å². The standard InChI is InChI=1S/C14H18O3/c1-3-4-14-7-5-13(2,6-8-14)9-10(14)12(16)17-11(9)15/h5,7,9-10H,3-4,6,8H2,1-2H3. The molecule has 92 valence electrons. The quantitative estimate of drug-likeness (QED) is 0.419. The van der Waals surface area contributed by atoms with Crippen molar-refractivity contribution in [3.63, 3.8) is 0 Å². The van der Waals surface area contributed by atoms with Gasteiger partial charge in [0.2, 0.25) is 0 Å². The minimum Gasteiger partial charge on any atom is -0.393 e. The van der Waals surface area contributed by atoms with Crippen molar-refractivity contribution >= 4 is 11.9 Å². The van der Waals surface area contributed by atoms with E-state index in [4.69, 9.17) is 4.74 Å². The van der Waals surface area contributed by atoms with Crippen LogP contribution in [0.2, 0.25) is 0 Å². The van der Waals surface area contributed by atoms with Crippen molar-refractivity contribution in [3.8, 4) is 0 Å². The molecule has 17 heavy (non-hydrogen) atoms. The second-order valence-electron chi connectivity index (χ2n) is 6.02. The Balaban J connectivity index is 2.11. The second-order valence-corrected chi connectivity index (χ2v) is 6.02. The van der Waals surface area contributed by atoms with E-state index in [1.54, 1.807) is 0 Å². The number of carbonyl (C=O) groups is 2. The lowest BCUT2D eigenvalue weighted by Gasteiger charge is -2.52. The molecule has 3 nitrogen and oxygen atoms in total. The Morgan fingerprint density at radius 1 is 1.24 bits per heavy atom. The first kappa shape index (κ1) is 11.0. The molecule has 0 N–H and O–H groups in total. The summed E-state index contributed by atoms with van der Waals surface area (Å²) in [6.45, 7) is 4.21. The van der Waals surface area contributed by atoms with Gasteiger partial charge in [0.05, 0.1) is 11.8 Å². The number of fused-ring (bicyclic) bond motifs is 1. The van der Waals surface area contributed by atoms with Crippen molar-refractivity contribution in [1.29, 1.82) is 0 Å². The lowest BCUT2D eigenvalue weighted by Crippen LogP contribution is -2.51. The van der Waals surface area contributed by atoms with E-state index in [1.165, 1.54) is 0 Å². The van der Waals surface area contributed by atoms with Gasteiger partial charge in [0.25, 0.3) is 0 Å². The molecule has 1 heterocycles. The van der Waals surface area contributed by atoms with E-state index in [0.717, 1.165) is 25.7 Å². The van der Waals surface area contributed by atoms with Crippen LogP contribution in [0, 0.1) is 22.7 Å². The van der Waals surface area contributed by atoms with E-state index >= 15 is 0 Å². The third-order valence-corrected chi connectivity index (χ3v) is 5.01. The van der Waals surface area contributed by atoms with Crippen LogP contribution < -0.4 is 0 Å². The number of hydrogen-bond donors (Lipinski definition) is 0. The fourth-order valence-electron chi connectivity index (χ4n) is 4.09. The van der Waals surface area contributed by atoms with Crippen LogP contribution >= 0.6 is 0 Å². The molecule has 4 rings (SSSR count). The average Bonchev–Trinajstić information content (AvgIpc) is 2.60. The molecule has 0 aromatic carbocycles. The van der Waals surface area contributed by atoms with E-state index in [2.05, 4.69) is 26.0 Å². The van der Waals surface area contributed by atoms with E-state index in [1.807, 2.05) is 0 Å². The SMILES string of the molecule is CCCC12C=CC(C)(CC1)C1C(=O)OC(=O)C12. The summed E-state index contributed by atoms with van der Waals surface area (Å²) in [6.07, 6.45) is 8.37. The fraction of sp³-hybridized carbons (Fsp3) is 0.714. The van der Waals surface area contributed by atoms with Gasteiger partial charge in [-0.15, -0.1) is 0 Å². The summed E-state index contributed by atoms with van der Waals surface area (Å²) in [5.41, 5.74) is -0.274. The number of rotatable bonds is 2. The van der Waals surface area contributed by atoms with Crippen LogP contribution in [-0.2, 0) is 14.3 Å². The molecular weight excluding hydrogens is 216 g/mol. The first-order valence-corrected chi connectivity index (χ1v) is 6.48. The maximum atomic E-state index is 12.0. The van der Waals surface area contributed by atoms with Crippen LogP contribution in [0.1, 0.15) is 39.5 Å². The summed E-state index contributed by atoms with van der Waals surface area (Å²) >= 11 is 0. The van der Waals surface area contributed by atoms with Crippen molar-refractivity contribution in [1.82, 2.24) is 0 Å². The van der Waals surface area contributed by atoms with Crippen LogP contribution in [-0.4, -0.2) is 11.9 Å². The number of hydrogen-bond acceptors (Lipinski definition) is 3. The van der Waals surface area contributed by atoms with Crippen molar-refractivity contribution in [2.45, 2.75) is 39.5 Å². The molecule has 0 radical (unpaired) electrons. The van der Waals surface area contributed by atoms with E-state index in [-0.39, 0.29) is 34.6 Å². The summed E-state index contributed by atoms with van der Waals surface area (Å²) in [7, 11) is 0. The largest absolute Gasteiger partial charge is 0.393 e. The van der Waals surface area contributed by atoms with Crippen molar-refractivity contribution in [2.75, 3.05) is 0 Å². The summed E-state index contributed by atoms with van der Waals surface area (Å²) in [4.78, 5) is 23.8. The van der Waals surface area contributed by atoms with E-state index in [9.17, 15) is 9.59 Å². The van der Waals surface area contributed by atoms with Crippen LogP contribution in [0.4, 0.5) is 0 Å². The topological polar surface area (TPSA) is 43.4 Å². The number of carbonyl (C=O) groups excluding carboxylic acids is 2. The molecule has 2 bridgehead atoms. The Morgan fingerprint density at radius 2 is 1.94 bits per heavy atom. The molecule has 0 spiro atoms. The highest BCUT2D eigenvalue weighted by Crippen LogP contribution is 2.62. The molecule has 0 amide bonds. The van der Waals surface area contributed by atoms with Crippen LogP contribution in [0.15, 0.2) is 12.2 Å². The molecule has 3 aliphatic carbocycles. The van der Waals surface area contributed by atoms with Gasteiger partial charge in [0, 0.05) is 5.41 Å². The zero-order valence-electron chi connectivity index (χ0n) is 10.4. The first-order valence-electron chi connectivity index (χ1n) is 6.48. The lowest BCUT2D eigenvalue weighted by molar-refractivity contribution is -0.154. The number of cyclic esters (lactones) is 2. The molecule has 1 saturated heterocycles. The summed E-state index contributed by atoms with van der Waals surface area (Å²) in [6, 6.07) is 0. The predicted octanol–water partition coefficient (Wildman–Crippen LogP) is 2.46. The van der Waals surface area contributed by atoms with Gasteiger partial charge in [-0.3, -0.25) is 9.59 Å². The molecule has 1 aliphatic heterocycles. The lowest BCUT2D eigenvalue weighted by atomic mass is 9.48. The summed E-state index contributed by atoms with van der Waals surface area (Å²) < 4.78 is 4.91. The minimum absolute atomic E-state index is 0.111. The molecule has 3 heteroatoms. The van der Waals surface area contributed by atoms with Gasteiger partial charge < -0.3 is 4.74 Å². The molecule has 4 unspecified atom stereocenters. The Bertz CT molecular complexity index is 425. The van der Waals surface area contributed by atoms with Crippen molar-refractivity contribution in [2.24, 2.45) is 22.7 Å². The van der Waals surface area contributed by atoms with Crippen LogP contribution in [0.5, 0.6) is 0 Å². The van der Waals surface area contributed by atoms with Gasteiger partial charge in [0.1, 0.15) is 0 Å². The number of ether oxygens (including phenoxy) is 1. The van der Waals surface area contributed by atoms with Crippen LogP contribution in [0.25, 0.3) is 0 Å². The molecule has 4 aliphatic rings. The van der Waals surface area contributed by atoms with Gasteiger partial charge in [-0.2, -0.15) is 0 Å². The third kappa shape index (κ3) is 1.23. The van der Waals surface area contributed by atoms with Gasteiger partial charge in [-0.05, 0) is 24.7 Å². The maximum absolute atomic E-state index is 12.0. The Hall–Kier alpha value is -1.12. The van der Waals surface area contributed by atoms with Gasteiger partial charge >= 0.3 is 11.9 Å². The van der Waals surface area contributed by atoms with Gasteiger partial charge in [-0.1, -0.05) is 32.4 Å². The normalized spacial score (nSPS) is 47.2. The zero-order chi connectivity index (χ0) is 12.3. The third-order valence-electron chi connectivity index (χ3n) is 5.01. The zero-order valence-corrected chi connectivity index (χ0v) is 10.4. The van der Waals surface area contributed by atoms with E-state index < -0.39 is 0 Å². The Morgan fingerprint density at radius 3 is 2.53 bits per heavy atom. The Kier molecular flexibility index (Phi) is 2.08. The smallest absolute Gasteiger partial charge is 0.318 e. The van der Waals surface area contributed by atoms with Gasteiger partial charge in [-0.25, -0.2) is 0 Å². The van der Waals surface area contributed by atoms with Crippen molar-refractivity contribution < 1.29 is 14.3 Å². The monoisotopic (exact) mass is 234 g/mol. The Labute approximate surface area is 101 Å². The molecule has 0 aromatic rings.